The first-order valence-corrected chi connectivity index (χ1v) is 8.85. The third-order valence-corrected chi connectivity index (χ3v) is 5.59. The van der Waals surface area contributed by atoms with Crippen LogP contribution in [-0.4, -0.2) is 54.1 Å². The molecule has 2 rings (SSSR count). The second kappa shape index (κ2) is 7.48. The van der Waals surface area contributed by atoms with Crippen molar-refractivity contribution in [3.63, 3.8) is 0 Å². The van der Waals surface area contributed by atoms with Crippen molar-refractivity contribution in [1.82, 2.24) is 4.72 Å². The Morgan fingerprint density at radius 2 is 1.87 bits per heavy atom. The van der Waals surface area contributed by atoms with Crippen molar-refractivity contribution in [2.45, 2.75) is 17.7 Å². The molecule has 8 heteroatoms. The second-order valence-corrected chi connectivity index (χ2v) is 7.38. The molecule has 0 saturated carbocycles. The summed E-state index contributed by atoms with van der Waals surface area (Å²) in [5.41, 5.74) is -0.470. The normalized spacial score (nSPS) is 17.7. The molecule has 0 spiro atoms. The van der Waals surface area contributed by atoms with Crippen molar-refractivity contribution in [3.05, 3.63) is 18.2 Å². The Morgan fingerprint density at radius 1 is 1.22 bits per heavy atom. The molecule has 0 unspecified atom stereocenters. The molecule has 1 aliphatic rings. The average molecular weight is 345 g/mol. The molecule has 0 amide bonds. The van der Waals surface area contributed by atoms with Crippen LogP contribution in [0, 0.1) is 5.41 Å². The van der Waals surface area contributed by atoms with E-state index in [2.05, 4.69) is 4.72 Å². The van der Waals surface area contributed by atoms with Gasteiger partial charge in [0.25, 0.3) is 0 Å². The van der Waals surface area contributed by atoms with Gasteiger partial charge in [0.1, 0.15) is 0 Å². The maximum atomic E-state index is 12.5. The minimum absolute atomic E-state index is 0.0786. The Bertz CT molecular complexity index is 625. The molecular formula is C15H23NO6S. The van der Waals surface area contributed by atoms with E-state index in [-0.39, 0.29) is 18.0 Å². The fourth-order valence-electron chi connectivity index (χ4n) is 2.51. The van der Waals surface area contributed by atoms with Crippen LogP contribution >= 0.6 is 0 Å². The van der Waals surface area contributed by atoms with Gasteiger partial charge in [-0.3, -0.25) is 0 Å². The predicted molar refractivity (Wildman–Crippen MR) is 84.3 cm³/mol. The van der Waals surface area contributed by atoms with Crippen LogP contribution in [0.25, 0.3) is 0 Å². The highest BCUT2D eigenvalue weighted by molar-refractivity contribution is 7.89. The summed E-state index contributed by atoms with van der Waals surface area (Å²) >= 11 is 0. The number of rotatable bonds is 7. The lowest BCUT2D eigenvalue weighted by Crippen LogP contribution is -2.43. The molecule has 23 heavy (non-hydrogen) atoms. The summed E-state index contributed by atoms with van der Waals surface area (Å²) in [6.07, 6.45) is 1.25. The third kappa shape index (κ3) is 4.14. The molecule has 7 nitrogen and oxygen atoms in total. The molecule has 1 saturated heterocycles. The zero-order chi connectivity index (χ0) is 16.9. The lowest BCUT2D eigenvalue weighted by molar-refractivity contribution is -0.0126. The van der Waals surface area contributed by atoms with Crippen LogP contribution in [-0.2, 0) is 14.8 Å². The molecule has 2 N–H and O–H groups in total. The first kappa shape index (κ1) is 18.0. The Hall–Kier alpha value is -1.35. The number of nitrogens with one attached hydrogen (secondary N) is 1. The van der Waals surface area contributed by atoms with Gasteiger partial charge in [0.2, 0.25) is 10.0 Å². The Balaban J connectivity index is 2.15. The minimum atomic E-state index is -3.70. The van der Waals surface area contributed by atoms with E-state index in [1.165, 1.54) is 26.4 Å². The van der Waals surface area contributed by atoms with Gasteiger partial charge in [-0.15, -0.1) is 0 Å². The highest BCUT2D eigenvalue weighted by Crippen LogP contribution is 2.31. The van der Waals surface area contributed by atoms with Gasteiger partial charge in [-0.05, 0) is 25.0 Å². The van der Waals surface area contributed by atoms with Gasteiger partial charge < -0.3 is 19.3 Å². The maximum Gasteiger partial charge on any atom is 0.240 e. The Morgan fingerprint density at radius 3 is 2.43 bits per heavy atom. The van der Waals surface area contributed by atoms with Crippen molar-refractivity contribution in [2.75, 3.05) is 40.6 Å². The van der Waals surface area contributed by atoms with E-state index in [1.54, 1.807) is 6.07 Å². The van der Waals surface area contributed by atoms with Crippen LogP contribution in [0.4, 0.5) is 0 Å². The number of hydrogen-bond donors (Lipinski definition) is 2. The van der Waals surface area contributed by atoms with Crippen molar-refractivity contribution >= 4 is 10.0 Å². The minimum Gasteiger partial charge on any atom is -0.493 e. The van der Waals surface area contributed by atoms with Gasteiger partial charge >= 0.3 is 0 Å². The molecule has 130 valence electrons. The summed E-state index contributed by atoms with van der Waals surface area (Å²) in [7, 11) is -0.768. The zero-order valence-electron chi connectivity index (χ0n) is 13.4. The van der Waals surface area contributed by atoms with Crippen LogP contribution in [0.2, 0.25) is 0 Å². The molecular weight excluding hydrogens is 322 g/mol. The van der Waals surface area contributed by atoms with Crippen LogP contribution in [0.1, 0.15) is 12.8 Å². The van der Waals surface area contributed by atoms with Crippen LogP contribution in [0.5, 0.6) is 11.5 Å². The summed E-state index contributed by atoms with van der Waals surface area (Å²) < 4.78 is 43.1. The van der Waals surface area contributed by atoms with E-state index >= 15 is 0 Å². The van der Waals surface area contributed by atoms with Gasteiger partial charge in [-0.2, -0.15) is 0 Å². The zero-order valence-corrected chi connectivity index (χ0v) is 14.2. The third-order valence-electron chi connectivity index (χ3n) is 4.19. The van der Waals surface area contributed by atoms with Gasteiger partial charge in [0, 0.05) is 31.2 Å². The Kier molecular flexibility index (Phi) is 5.85. The molecule has 1 heterocycles. The van der Waals surface area contributed by atoms with Crippen molar-refractivity contribution in [3.8, 4) is 11.5 Å². The van der Waals surface area contributed by atoms with Crippen molar-refractivity contribution < 1.29 is 27.7 Å². The Labute approximate surface area is 136 Å². The first-order valence-electron chi connectivity index (χ1n) is 7.37. The fraction of sp³-hybridized carbons (Fsp3) is 0.600. The quantitative estimate of drug-likeness (QED) is 0.758. The lowest BCUT2D eigenvalue weighted by atomic mass is 9.81. The van der Waals surface area contributed by atoms with Crippen LogP contribution < -0.4 is 14.2 Å². The van der Waals surface area contributed by atoms with Crippen molar-refractivity contribution in [1.29, 1.82) is 0 Å². The monoisotopic (exact) mass is 345 g/mol. The van der Waals surface area contributed by atoms with E-state index in [0.29, 0.717) is 37.6 Å². The molecule has 1 aliphatic heterocycles. The van der Waals surface area contributed by atoms with E-state index in [0.717, 1.165) is 0 Å². The molecule has 0 atom stereocenters. The SMILES string of the molecule is COc1ccc(S(=O)(=O)NCC2(CO)CCOCC2)cc1OC. The van der Waals surface area contributed by atoms with E-state index < -0.39 is 15.4 Å². The first-order chi connectivity index (χ1) is 11.0. The smallest absolute Gasteiger partial charge is 0.240 e. The predicted octanol–water partition coefficient (Wildman–Crippen LogP) is 0.771. The largest absolute Gasteiger partial charge is 0.493 e. The molecule has 1 aromatic rings. The van der Waals surface area contributed by atoms with Gasteiger partial charge in [-0.25, -0.2) is 13.1 Å². The summed E-state index contributed by atoms with van der Waals surface area (Å²) in [5, 5.41) is 9.63. The maximum absolute atomic E-state index is 12.5. The van der Waals surface area contributed by atoms with E-state index in [4.69, 9.17) is 14.2 Å². The molecule has 0 aliphatic carbocycles. The number of ether oxygens (including phenoxy) is 3. The van der Waals surface area contributed by atoms with Gasteiger partial charge in [-0.1, -0.05) is 0 Å². The van der Waals surface area contributed by atoms with Crippen molar-refractivity contribution in [2.24, 2.45) is 5.41 Å². The highest BCUT2D eigenvalue weighted by atomic mass is 32.2. The molecule has 1 fully saturated rings. The second-order valence-electron chi connectivity index (χ2n) is 5.61. The molecule has 0 aromatic heterocycles. The summed E-state index contributed by atoms with van der Waals surface area (Å²) in [5.74, 6) is 0.807. The van der Waals surface area contributed by atoms with E-state index in [1.807, 2.05) is 0 Å². The van der Waals surface area contributed by atoms with Crippen LogP contribution in [0.15, 0.2) is 23.1 Å². The number of sulfonamides is 1. The van der Waals surface area contributed by atoms with E-state index in [9.17, 15) is 13.5 Å². The molecule has 0 radical (unpaired) electrons. The summed E-state index contributed by atoms with van der Waals surface area (Å²) in [6.45, 7) is 1.14. The molecule has 1 aromatic carbocycles. The number of aliphatic hydroxyl groups excluding tert-OH is 1. The van der Waals surface area contributed by atoms with Gasteiger partial charge in [0.05, 0.1) is 25.7 Å². The number of hydrogen-bond acceptors (Lipinski definition) is 6. The molecule has 0 bridgehead atoms. The standard InChI is InChI=1S/C15H23NO6S/c1-20-13-4-3-12(9-14(13)21-2)23(18,19)16-10-15(11-17)5-7-22-8-6-15/h3-4,9,16-17H,5-8,10-11H2,1-2H3. The highest BCUT2D eigenvalue weighted by Gasteiger charge is 2.33. The summed E-state index contributed by atoms with van der Waals surface area (Å²) in [4.78, 5) is 0.0929. The fourth-order valence-corrected chi connectivity index (χ4v) is 3.68. The topological polar surface area (TPSA) is 94.1 Å². The summed E-state index contributed by atoms with van der Waals surface area (Å²) in [6, 6.07) is 4.42. The average Bonchev–Trinajstić information content (AvgIpc) is 2.60. The van der Waals surface area contributed by atoms with Crippen LogP contribution in [0.3, 0.4) is 0 Å². The lowest BCUT2D eigenvalue weighted by Gasteiger charge is -2.35. The number of aliphatic hydroxyl groups is 1. The van der Waals surface area contributed by atoms with Gasteiger partial charge in [0.15, 0.2) is 11.5 Å². The number of methoxy groups -OCH3 is 2. The number of benzene rings is 1.